The first-order chi connectivity index (χ1) is 13.6. The maximum absolute atomic E-state index is 12.0. The number of ketones is 1. The Labute approximate surface area is 164 Å². The summed E-state index contributed by atoms with van der Waals surface area (Å²) >= 11 is 0. The van der Waals surface area contributed by atoms with Crippen molar-refractivity contribution in [2.45, 2.75) is 12.8 Å². The van der Waals surface area contributed by atoms with E-state index >= 15 is 0 Å². The third-order valence-electron chi connectivity index (χ3n) is 4.02. The average Bonchev–Trinajstić information content (AvgIpc) is 2.74. The van der Waals surface area contributed by atoms with Crippen molar-refractivity contribution in [2.75, 3.05) is 27.9 Å². The fourth-order valence-corrected chi connectivity index (χ4v) is 2.56. The van der Waals surface area contributed by atoms with Crippen LogP contribution in [-0.4, -0.2) is 39.7 Å². The summed E-state index contributed by atoms with van der Waals surface area (Å²) in [5.41, 5.74) is 1.31. The fourth-order valence-electron chi connectivity index (χ4n) is 2.56. The van der Waals surface area contributed by atoms with Crippen LogP contribution in [0.25, 0.3) is 6.08 Å². The summed E-state index contributed by atoms with van der Waals surface area (Å²) in [4.78, 5) is 23.9. The third-order valence-corrected chi connectivity index (χ3v) is 4.02. The van der Waals surface area contributed by atoms with Gasteiger partial charge in [0.05, 0.1) is 27.9 Å². The summed E-state index contributed by atoms with van der Waals surface area (Å²) in [6.45, 7) is 0.171. The maximum Gasteiger partial charge on any atom is 0.330 e. The summed E-state index contributed by atoms with van der Waals surface area (Å²) in [6, 6.07) is 12.4. The number of hydrogen-bond acceptors (Lipinski definition) is 6. The highest BCUT2D eigenvalue weighted by Gasteiger charge is 2.10. The minimum Gasteiger partial charge on any atom is -0.496 e. The van der Waals surface area contributed by atoms with Gasteiger partial charge in [-0.15, -0.1) is 0 Å². The van der Waals surface area contributed by atoms with Crippen molar-refractivity contribution in [2.24, 2.45) is 0 Å². The zero-order valence-electron chi connectivity index (χ0n) is 16.3. The summed E-state index contributed by atoms with van der Waals surface area (Å²) < 4.78 is 20.9. The Morgan fingerprint density at radius 1 is 0.893 bits per heavy atom. The summed E-state index contributed by atoms with van der Waals surface area (Å²) in [5, 5.41) is 0. The van der Waals surface area contributed by atoms with Gasteiger partial charge in [0.15, 0.2) is 17.3 Å². The van der Waals surface area contributed by atoms with E-state index in [1.165, 1.54) is 27.4 Å². The van der Waals surface area contributed by atoms with Gasteiger partial charge >= 0.3 is 5.97 Å². The molecule has 2 rings (SSSR count). The van der Waals surface area contributed by atoms with E-state index in [9.17, 15) is 9.59 Å². The van der Waals surface area contributed by atoms with Crippen molar-refractivity contribution < 1.29 is 28.5 Å². The van der Waals surface area contributed by atoms with Gasteiger partial charge in [-0.2, -0.15) is 0 Å². The molecule has 6 nitrogen and oxygen atoms in total. The molecule has 0 saturated carbocycles. The quantitative estimate of drug-likeness (QED) is 0.267. The molecule has 0 saturated heterocycles. The number of benzene rings is 2. The van der Waals surface area contributed by atoms with Crippen molar-refractivity contribution in [3.63, 3.8) is 0 Å². The van der Waals surface area contributed by atoms with Gasteiger partial charge in [-0.05, 0) is 18.6 Å². The summed E-state index contributed by atoms with van der Waals surface area (Å²) in [5.74, 6) is 1.12. The Bertz CT molecular complexity index is 826. The van der Waals surface area contributed by atoms with E-state index < -0.39 is 5.97 Å². The molecule has 6 heteroatoms. The van der Waals surface area contributed by atoms with E-state index in [1.54, 1.807) is 30.3 Å². The molecule has 0 radical (unpaired) electrons. The monoisotopic (exact) mass is 384 g/mol. The number of methoxy groups -OCH3 is 3. The maximum atomic E-state index is 12.0. The molecule has 0 fully saturated rings. The van der Waals surface area contributed by atoms with Gasteiger partial charge in [0.2, 0.25) is 0 Å². The third kappa shape index (κ3) is 5.87. The molecule has 0 unspecified atom stereocenters. The van der Waals surface area contributed by atoms with Crippen LogP contribution >= 0.6 is 0 Å². The molecule has 148 valence electrons. The Morgan fingerprint density at radius 2 is 1.54 bits per heavy atom. The molecule has 0 atom stereocenters. The topological polar surface area (TPSA) is 71.1 Å². The lowest BCUT2D eigenvalue weighted by Gasteiger charge is -2.12. The summed E-state index contributed by atoms with van der Waals surface area (Å²) in [7, 11) is 4.59. The number of rotatable bonds is 10. The van der Waals surface area contributed by atoms with Gasteiger partial charge in [0, 0.05) is 29.7 Å². The van der Waals surface area contributed by atoms with Crippen molar-refractivity contribution in [1.29, 1.82) is 0 Å². The Hall–Kier alpha value is -3.28. The van der Waals surface area contributed by atoms with E-state index in [-0.39, 0.29) is 12.4 Å². The molecule has 2 aromatic rings. The second-order valence-corrected chi connectivity index (χ2v) is 5.84. The first-order valence-electron chi connectivity index (χ1n) is 8.82. The van der Waals surface area contributed by atoms with Crippen LogP contribution < -0.4 is 14.2 Å². The zero-order chi connectivity index (χ0) is 20.4. The van der Waals surface area contributed by atoms with E-state index in [0.717, 1.165) is 0 Å². The van der Waals surface area contributed by atoms with Crippen LogP contribution in [0.2, 0.25) is 0 Å². The zero-order valence-corrected chi connectivity index (χ0v) is 16.3. The van der Waals surface area contributed by atoms with Crippen molar-refractivity contribution >= 4 is 17.8 Å². The second-order valence-electron chi connectivity index (χ2n) is 5.84. The number of esters is 1. The predicted molar refractivity (Wildman–Crippen MR) is 106 cm³/mol. The largest absolute Gasteiger partial charge is 0.496 e. The molecule has 0 aliphatic heterocycles. The standard InChI is InChI=1S/C22H24O6/c1-25-19-15-21(27-3)20(26-2)14-17(19)11-12-22(24)28-13-7-10-18(23)16-8-5-4-6-9-16/h4-6,8-9,11-12,14-15H,7,10,13H2,1-3H3/b12-11+. The minimum atomic E-state index is -0.496. The molecule has 0 bridgehead atoms. The van der Waals surface area contributed by atoms with Gasteiger partial charge in [0.1, 0.15) is 5.75 Å². The van der Waals surface area contributed by atoms with Gasteiger partial charge in [-0.3, -0.25) is 4.79 Å². The normalized spacial score (nSPS) is 10.5. The van der Waals surface area contributed by atoms with Crippen molar-refractivity contribution in [1.82, 2.24) is 0 Å². The van der Waals surface area contributed by atoms with Crippen LogP contribution in [0.4, 0.5) is 0 Å². The number of carbonyl (C=O) groups is 2. The number of carbonyl (C=O) groups excluding carboxylic acids is 2. The van der Waals surface area contributed by atoms with Gasteiger partial charge < -0.3 is 18.9 Å². The lowest BCUT2D eigenvalue weighted by atomic mass is 10.1. The molecule has 0 aromatic heterocycles. The molecule has 28 heavy (non-hydrogen) atoms. The van der Waals surface area contributed by atoms with Gasteiger partial charge in [0.25, 0.3) is 0 Å². The number of ether oxygens (including phenoxy) is 4. The predicted octanol–water partition coefficient (Wildman–Crippen LogP) is 3.93. The highest BCUT2D eigenvalue weighted by atomic mass is 16.5. The number of hydrogen-bond donors (Lipinski definition) is 0. The molecule has 0 aliphatic rings. The van der Waals surface area contributed by atoms with Crippen LogP contribution in [0.15, 0.2) is 48.5 Å². The van der Waals surface area contributed by atoms with Crippen LogP contribution in [0, 0.1) is 0 Å². The van der Waals surface area contributed by atoms with E-state index in [0.29, 0.717) is 41.2 Å². The molecule has 0 N–H and O–H groups in total. The molecule has 0 amide bonds. The lowest BCUT2D eigenvalue weighted by molar-refractivity contribution is -0.137. The van der Waals surface area contributed by atoms with Crippen molar-refractivity contribution in [3.8, 4) is 17.2 Å². The molecule has 0 aliphatic carbocycles. The highest BCUT2D eigenvalue weighted by molar-refractivity contribution is 5.96. The number of Topliss-reactive ketones (excluding diaryl/α,β-unsaturated/α-hetero) is 1. The Balaban J connectivity index is 1.87. The average molecular weight is 384 g/mol. The van der Waals surface area contributed by atoms with Crippen LogP contribution in [-0.2, 0) is 9.53 Å². The molecule has 0 spiro atoms. The van der Waals surface area contributed by atoms with E-state index in [4.69, 9.17) is 18.9 Å². The Kier molecular flexibility index (Phi) is 8.09. The van der Waals surface area contributed by atoms with Crippen LogP contribution in [0.1, 0.15) is 28.8 Å². The summed E-state index contributed by atoms with van der Waals surface area (Å²) in [6.07, 6.45) is 3.68. The SMILES string of the molecule is COc1cc(OC)c(OC)cc1/C=C/C(=O)OCCCC(=O)c1ccccc1. The molecular formula is C22H24O6. The van der Waals surface area contributed by atoms with Crippen molar-refractivity contribution in [3.05, 3.63) is 59.7 Å². The second kappa shape index (κ2) is 10.8. The highest BCUT2D eigenvalue weighted by Crippen LogP contribution is 2.35. The van der Waals surface area contributed by atoms with Gasteiger partial charge in [-0.25, -0.2) is 4.79 Å². The van der Waals surface area contributed by atoms with E-state index in [1.807, 2.05) is 18.2 Å². The van der Waals surface area contributed by atoms with Crippen LogP contribution in [0.3, 0.4) is 0 Å². The smallest absolute Gasteiger partial charge is 0.330 e. The van der Waals surface area contributed by atoms with Crippen LogP contribution in [0.5, 0.6) is 17.2 Å². The molecule has 0 heterocycles. The Morgan fingerprint density at radius 3 is 2.18 bits per heavy atom. The van der Waals surface area contributed by atoms with Gasteiger partial charge in [-0.1, -0.05) is 30.3 Å². The first kappa shape index (κ1) is 21.0. The minimum absolute atomic E-state index is 0.0299. The van der Waals surface area contributed by atoms with E-state index in [2.05, 4.69) is 0 Å². The first-order valence-corrected chi connectivity index (χ1v) is 8.82. The molecular weight excluding hydrogens is 360 g/mol. The fraction of sp³-hybridized carbons (Fsp3) is 0.273. The lowest BCUT2D eigenvalue weighted by Crippen LogP contribution is -2.05. The molecule has 2 aromatic carbocycles.